The van der Waals surface area contributed by atoms with Gasteiger partial charge in [0.15, 0.2) is 0 Å². The molecule has 0 fully saturated rings. The number of aromatic nitrogens is 1. The van der Waals surface area contributed by atoms with Crippen LogP contribution in [0.15, 0.2) is 161 Å². The first-order valence-corrected chi connectivity index (χ1v) is 19.7. The second-order valence-electron chi connectivity index (χ2n) is 15.3. The van der Waals surface area contributed by atoms with Crippen LogP contribution in [0.3, 0.4) is 0 Å². The van der Waals surface area contributed by atoms with Crippen molar-refractivity contribution in [2.24, 2.45) is 16.8 Å². The minimum atomic E-state index is 0.106. The molecule has 3 heterocycles. The van der Waals surface area contributed by atoms with Gasteiger partial charge in [0.1, 0.15) is 0 Å². The van der Waals surface area contributed by atoms with Gasteiger partial charge in [-0.3, -0.25) is 4.57 Å². The number of benzene rings is 6. The average molecular weight is 702 g/mol. The quantitative estimate of drug-likeness (QED) is 0.176. The number of hydrogen-bond donors (Lipinski definition) is 0. The minimum absolute atomic E-state index is 0.106. The second kappa shape index (κ2) is 11.6. The summed E-state index contributed by atoms with van der Waals surface area (Å²) in [7, 11) is 2.24. The standard InChI is InChI=1S/C49H39N3S/c1-29-10-8-13-34(26-29)47-38-22-18-30(2)27-41(38)50-49(51(47)3)52-42-23-20-33(28-40(42)45-35-14-6-4-11-31(35)19-24-43(45)52)37-16-9-17-39-46-36-15-7-5-12-32(36)21-25-44(46)53-48(37)39/h4-9,11-17,19-30,47H,10,18H2,1-3H3. The van der Waals surface area contributed by atoms with E-state index in [9.17, 15) is 0 Å². The summed E-state index contributed by atoms with van der Waals surface area (Å²) < 4.78 is 5.11. The van der Waals surface area contributed by atoms with Crippen molar-refractivity contribution >= 4 is 80.8 Å². The molecule has 8 aromatic rings. The summed E-state index contributed by atoms with van der Waals surface area (Å²) in [6, 6.07) is 40.8. The van der Waals surface area contributed by atoms with Crippen molar-refractivity contribution in [2.45, 2.75) is 32.7 Å². The summed E-state index contributed by atoms with van der Waals surface area (Å²) in [5, 5.41) is 10.3. The predicted molar refractivity (Wildman–Crippen MR) is 228 cm³/mol. The molecule has 0 N–H and O–H groups in total. The van der Waals surface area contributed by atoms with E-state index >= 15 is 0 Å². The first-order chi connectivity index (χ1) is 26.0. The number of thiophene rings is 1. The lowest BCUT2D eigenvalue weighted by molar-refractivity contribution is 0.428. The summed E-state index contributed by atoms with van der Waals surface area (Å²) in [4.78, 5) is 7.97. The molecule has 3 aliphatic rings. The van der Waals surface area contributed by atoms with Crippen molar-refractivity contribution in [3.05, 3.63) is 156 Å². The van der Waals surface area contributed by atoms with Crippen molar-refractivity contribution in [1.29, 1.82) is 0 Å². The first kappa shape index (κ1) is 30.9. The van der Waals surface area contributed by atoms with Gasteiger partial charge in [0.2, 0.25) is 5.96 Å². The minimum Gasteiger partial charge on any atom is -0.334 e. The molecule has 53 heavy (non-hydrogen) atoms. The highest BCUT2D eigenvalue weighted by atomic mass is 32.1. The normalized spacial score (nSPS) is 20.4. The number of likely N-dealkylation sites (N-methyl/N-ethyl adjacent to an activating group) is 1. The van der Waals surface area contributed by atoms with Crippen LogP contribution in [0.2, 0.25) is 0 Å². The number of fused-ring (bicyclic) bond motifs is 11. The van der Waals surface area contributed by atoms with Crippen LogP contribution in [0.1, 0.15) is 26.7 Å². The maximum absolute atomic E-state index is 5.54. The van der Waals surface area contributed by atoms with Gasteiger partial charge < -0.3 is 4.90 Å². The Morgan fingerprint density at radius 2 is 1.42 bits per heavy atom. The van der Waals surface area contributed by atoms with Crippen LogP contribution in [0, 0.1) is 11.8 Å². The molecule has 256 valence electrons. The van der Waals surface area contributed by atoms with Crippen molar-refractivity contribution < 1.29 is 0 Å². The Morgan fingerprint density at radius 1 is 0.679 bits per heavy atom. The fourth-order valence-electron chi connectivity index (χ4n) is 9.35. The van der Waals surface area contributed by atoms with Gasteiger partial charge in [-0.2, -0.15) is 0 Å². The smallest absolute Gasteiger partial charge is 0.211 e. The van der Waals surface area contributed by atoms with Crippen LogP contribution >= 0.6 is 11.3 Å². The molecule has 0 amide bonds. The molecule has 3 unspecified atom stereocenters. The van der Waals surface area contributed by atoms with Crippen LogP contribution < -0.4 is 0 Å². The van der Waals surface area contributed by atoms with Crippen LogP contribution in [-0.2, 0) is 0 Å². The summed E-state index contributed by atoms with van der Waals surface area (Å²) >= 11 is 1.91. The molecule has 2 aromatic heterocycles. The zero-order valence-electron chi connectivity index (χ0n) is 30.2. The van der Waals surface area contributed by atoms with Crippen molar-refractivity contribution in [3.8, 4) is 11.1 Å². The molecule has 0 spiro atoms. The van der Waals surface area contributed by atoms with Gasteiger partial charge in [-0.25, -0.2) is 4.99 Å². The third-order valence-electron chi connectivity index (χ3n) is 11.8. The van der Waals surface area contributed by atoms with Crippen molar-refractivity contribution in [1.82, 2.24) is 9.47 Å². The van der Waals surface area contributed by atoms with E-state index < -0.39 is 0 Å². The Hall–Kier alpha value is -5.71. The molecule has 4 heteroatoms. The summed E-state index contributed by atoms with van der Waals surface area (Å²) in [5.74, 6) is 1.95. The number of hydrogen-bond acceptors (Lipinski definition) is 3. The largest absolute Gasteiger partial charge is 0.334 e. The number of rotatable bonds is 2. The van der Waals surface area contributed by atoms with Crippen LogP contribution in [0.25, 0.3) is 74.6 Å². The Balaban J connectivity index is 1.17. The van der Waals surface area contributed by atoms with E-state index in [0.717, 1.165) is 24.5 Å². The van der Waals surface area contributed by atoms with Crippen molar-refractivity contribution in [3.63, 3.8) is 0 Å². The molecule has 0 radical (unpaired) electrons. The van der Waals surface area contributed by atoms with E-state index in [1.807, 2.05) is 11.3 Å². The van der Waals surface area contributed by atoms with Gasteiger partial charge in [-0.15, -0.1) is 11.3 Å². The summed E-state index contributed by atoms with van der Waals surface area (Å²) in [5.41, 5.74) is 8.70. The lowest BCUT2D eigenvalue weighted by atomic mass is 9.83. The molecule has 6 aromatic carbocycles. The molecule has 0 saturated carbocycles. The molecule has 1 aliphatic heterocycles. The SMILES string of the molecule is CC1C=C2N=C(n3c4ccc(-c5cccc6c5sc5ccc7ccccc7c56)cc4c4c5ccccc5ccc43)N(C)C(C3=CC(C)CC=C3)C2=CC1. The fraction of sp³-hybridized carbons (Fsp3) is 0.163. The number of nitrogens with zero attached hydrogens (tertiary/aromatic N) is 3. The van der Waals surface area contributed by atoms with Gasteiger partial charge in [0.25, 0.3) is 0 Å². The Kier molecular flexibility index (Phi) is 6.78. The van der Waals surface area contributed by atoms with Gasteiger partial charge >= 0.3 is 0 Å². The molecule has 3 atom stereocenters. The molecule has 2 aliphatic carbocycles. The van der Waals surface area contributed by atoms with Crippen LogP contribution in [-0.4, -0.2) is 28.5 Å². The number of aliphatic imine (C=N–C) groups is 1. The lowest BCUT2D eigenvalue weighted by Gasteiger charge is -2.40. The maximum Gasteiger partial charge on any atom is 0.211 e. The molecular formula is C49H39N3S. The van der Waals surface area contributed by atoms with E-state index in [1.54, 1.807) is 0 Å². The van der Waals surface area contributed by atoms with E-state index in [-0.39, 0.29) is 6.04 Å². The second-order valence-corrected chi connectivity index (χ2v) is 16.4. The highest BCUT2D eigenvalue weighted by Gasteiger charge is 2.36. The molecule has 3 nitrogen and oxygen atoms in total. The van der Waals surface area contributed by atoms with E-state index in [2.05, 4.69) is 170 Å². The summed E-state index contributed by atoms with van der Waals surface area (Å²) in [6.45, 7) is 4.63. The zero-order valence-corrected chi connectivity index (χ0v) is 31.0. The van der Waals surface area contributed by atoms with Gasteiger partial charge in [-0.1, -0.05) is 129 Å². The zero-order chi connectivity index (χ0) is 35.4. The highest BCUT2D eigenvalue weighted by molar-refractivity contribution is 7.26. The monoisotopic (exact) mass is 701 g/mol. The van der Waals surface area contributed by atoms with Crippen molar-refractivity contribution in [2.75, 3.05) is 7.05 Å². The molecule has 0 saturated heterocycles. The van der Waals surface area contributed by atoms with E-state index in [4.69, 9.17) is 4.99 Å². The summed E-state index contributed by atoms with van der Waals surface area (Å²) in [6.07, 6.45) is 14.2. The molecular weight excluding hydrogens is 663 g/mol. The Morgan fingerprint density at radius 3 is 2.25 bits per heavy atom. The fourth-order valence-corrected chi connectivity index (χ4v) is 10.6. The molecule has 11 rings (SSSR count). The van der Waals surface area contributed by atoms with Crippen LogP contribution in [0.4, 0.5) is 0 Å². The van der Waals surface area contributed by atoms with E-state index in [1.165, 1.54) is 85.8 Å². The van der Waals surface area contributed by atoms with Gasteiger partial charge in [0.05, 0.1) is 22.8 Å². The maximum atomic E-state index is 5.54. The molecule has 0 bridgehead atoms. The van der Waals surface area contributed by atoms with Gasteiger partial charge in [-0.05, 0) is 87.2 Å². The highest BCUT2D eigenvalue weighted by Crippen LogP contribution is 2.45. The van der Waals surface area contributed by atoms with Crippen LogP contribution in [0.5, 0.6) is 0 Å². The van der Waals surface area contributed by atoms with E-state index in [0.29, 0.717) is 11.8 Å². The van der Waals surface area contributed by atoms with Gasteiger partial charge in [0, 0.05) is 43.6 Å². The lowest BCUT2D eigenvalue weighted by Crippen LogP contribution is -2.46. The Labute approximate surface area is 313 Å². The third kappa shape index (κ3) is 4.61. The first-order valence-electron chi connectivity index (χ1n) is 18.9. The Bertz CT molecular complexity index is 3020. The number of allylic oxidation sites excluding steroid dienone is 4. The predicted octanol–water partition coefficient (Wildman–Crippen LogP) is 13.0. The third-order valence-corrected chi connectivity index (χ3v) is 13.0. The average Bonchev–Trinajstić information content (AvgIpc) is 3.74. The topological polar surface area (TPSA) is 20.5 Å².